The summed E-state index contributed by atoms with van der Waals surface area (Å²) in [4.78, 5) is 22.4. The molecule has 0 aliphatic heterocycles. The van der Waals surface area contributed by atoms with Crippen LogP contribution in [0.2, 0.25) is 0 Å². The van der Waals surface area contributed by atoms with Gasteiger partial charge in [0, 0.05) is 41.3 Å². The molecule has 4 aromatic carbocycles. The molecule has 0 radical (unpaired) electrons. The van der Waals surface area contributed by atoms with Gasteiger partial charge < -0.3 is 20.1 Å². The van der Waals surface area contributed by atoms with Gasteiger partial charge in [0.2, 0.25) is 5.88 Å². The van der Waals surface area contributed by atoms with E-state index in [0.29, 0.717) is 46.6 Å². The quantitative estimate of drug-likeness (QED) is 0.174. The number of urea groups is 1. The van der Waals surface area contributed by atoms with E-state index in [1.165, 1.54) is 13.4 Å². The number of nitrogens with zero attached hydrogens (tertiary/aromatic N) is 2. The predicted molar refractivity (Wildman–Crippen MR) is 178 cm³/mol. The number of hydrogen-bond acceptors (Lipinski definition) is 7. The van der Waals surface area contributed by atoms with Gasteiger partial charge in [-0.1, -0.05) is 81.4 Å². The minimum atomic E-state index is -3.36. The molecule has 10 heteroatoms. The normalized spacial score (nSPS) is 11.7. The van der Waals surface area contributed by atoms with Crippen molar-refractivity contribution in [3.8, 4) is 17.4 Å². The molecule has 0 atom stereocenters. The average molecular weight is 625 g/mol. The summed E-state index contributed by atoms with van der Waals surface area (Å²) in [5.74, 6) is 1.71. The van der Waals surface area contributed by atoms with Crippen molar-refractivity contribution in [1.82, 2.24) is 9.97 Å². The van der Waals surface area contributed by atoms with Gasteiger partial charge in [0.1, 0.15) is 17.3 Å². The largest absolute Gasteiger partial charge is 0.494 e. The van der Waals surface area contributed by atoms with E-state index in [2.05, 4.69) is 20.6 Å². The van der Waals surface area contributed by atoms with E-state index in [9.17, 15) is 13.2 Å². The molecule has 9 nitrogen and oxygen atoms in total. The SMILES string of the molecule is COc1c(CS(C)(=O)=O)cc(C(C)(C)C)cc1NC(=O)Nc1ccc(Oc2ccnc(Cc3ccccc3)n2)c2ccccc12. The van der Waals surface area contributed by atoms with E-state index >= 15 is 0 Å². The highest BCUT2D eigenvalue weighted by Crippen LogP contribution is 2.37. The lowest BCUT2D eigenvalue weighted by Crippen LogP contribution is -2.21. The fourth-order valence-electron chi connectivity index (χ4n) is 5.00. The molecule has 2 N–H and O–H groups in total. The van der Waals surface area contributed by atoms with Crippen LogP contribution >= 0.6 is 0 Å². The number of carbonyl (C=O) groups is 1. The van der Waals surface area contributed by atoms with Crippen LogP contribution in [0.4, 0.5) is 16.2 Å². The van der Waals surface area contributed by atoms with Crippen LogP contribution < -0.4 is 20.1 Å². The van der Waals surface area contributed by atoms with Crippen LogP contribution in [0.25, 0.3) is 10.8 Å². The summed E-state index contributed by atoms with van der Waals surface area (Å²) in [5, 5.41) is 7.35. The maximum absolute atomic E-state index is 13.4. The molecular formula is C35H36N4O5S. The third-order valence-electron chi connectivity index (χ3n) is 7.13. The van der Waals surface area contributed by atoms with Crippen molar-refractivity contribution in [3.63, 3.8) is 0 Å². The first kappa shape index (κ1) is 31.5. The molecule has 5 aromatic rings. The number of aromatic nitrogens is 2. The lowest BCUT2D eigenvalue weighted by Gasteiger charge is -2.24. The number of sulfone groups is 1. The standard InChI is InChI=1S/C35H36N4O5S/c1-35(2,3)25-20-24(22-45(5,41)42)33(43-4)29(21-25)38-34(40)37-28-15-16-30(27-14-10-9-13-26(27)28)44-32-17-18-36-31(39-32)19-23-11-7-6-8-12-23/h6-18,20-21H,19,22H2,1-5H3,(H2,37,38,40). The van der Waals surface area contributed by atoms with Crippen LogP contribution in [0.3, 0.4) is 0 Å². The van der Waals surface area contributed by atoms with Gasteiger partial charge >= 0.3 is 6.03 Å². The number of carbonyl (C=O) groups excluding carboxylic acids is 1. The predicted octanol–water partition coefficient (Wildman–Crippen LogP) is 7.51. The number of fused-ring (bicyclic) bond motifs is 1. The highest BCUT2D eigenvalue weighted by molar-refractivity contribution is 7.89. The fraction of sp³-hybridized carbons (Fsp3) is 0.229. The monoisotopic (exact) mass is 624 g/mol. The first-order valence-electron chi connectivity index (χ1n) is 14.4. The summed E-state index contributed by atoms with van der Waals surface area (Å²) >= 11 is 0. The Kier molecular flexibility index (Phi) is 9.06. The molecule has 0 fully saturated rings. The maximum atomic E-state index is 13.4. The second-order valence-corrected chi connectivity index (χ2v) is 14.0. The van der Waals surface area contributed by atoms with Gasteiger partial charge in [0.25, 0.3) is 0 Å². The molecule has 1 aromatic heterocycles. The van der Waals surface area contributed by atoms with Gasteiger partial charge in [-0.15, -0.1) is 0 Å². The van der Waals surface area contributed by atoms with Crippen LogP contribution in [0, 0.1) is 0 Å². The summed E-state index contributed by atoms with van der Waals surface area (Å²) in [6.07, 6.45) is 3.42. The van der Waals surface area contributed by atoms with Gasteiger partial charge in [-0.25, -0.2) is 18.2 Å². The molecular weight excluding hydrogens is 588 g/mol. The van der Waals surface area contributed by atoms with E-state index in [1.807, 2.05) is 87.5 Å². The zero-order chi connectivity index (χ0) is 32.2. The summed E-state index contributed by atoms with van der Waals surface area (Å²) in [6, 6.07) is 25.9. The molecule has 0 bridgehead atoms. The second-order valence-electron chi connectivity index (χ2n) is 11.8. The number of benzene rings is 4. The van der Waals surface area contributed by atoms with Crippen molar-refractivity contribution in [2.24, 2.45) is 0 Å². The summed E-state index contributed by atoms with van der Waals surface area (Å²) in [7, 11) is -1.91. The van der Waals surface area contributed by atoms with Crippen molar-refractivity contribution >= 4 is 38.0 Å². The lowest BCUT2D eigenvalue weighted by atomic mass is 9.85. The Labute approximate surface area is 263 Å². The fourth-order valence-corrected chi connectivity index (χ4v) is 5.78. The van der Waals surface area contributed by atoms with Crippen molar-refractivity contribution in [3.05, 3.63) is 114 Å². The van der Waals surface area contributed by atoms with E-state index < -0.39 is 15.9 Å². The molecule has 0 aliphatic rings. The minimum absolute atomic E-state index is 0.220. The van der Waals surface area contributed by atoms with E-state index in [0.717, 1.165) is 21.9 Å². The molecule has 2 amide bonds. The Balaban J connectivity index is 1.40. The summed E-state index contributed by atoms with van der Waals surface area (Å²) in [6.45, 7) is 6.05. The smallest absolute Gasteiger partial charge is 0.323 e. The summed E-state index contributed by atoms with van der Waals surface area (Å²) in [5.41, 5.74) is 3.07. The molecule has 5 rings (SSSR count). The number of rotatable bonds is 9. The van der Waals surface area contributed by atoms with Crippen molar-refractivity contribution in [2.75, 3.05) is 24.0 Å². The van der Waals surface area contributed by atoms with Crippen LogP contribution in [-0.2, 0) is 27.4 Å². The third-order valence-corrected chi connectivity index (χ3v) is 7.97. The molecule has 45 heavy (non-hydrogen) atoms. The van der Waals surface area contributed by atoms with Gasteiger partial charge in [-0.3, -0.25) is 0 Å². The first-order chi connectivity index (χ1) is 21.4. The topological polar surface area (TPSA) is 120 Å². The number of anilines is 2. The Hall–Kier alpha value is -4.96. The minimum Gasteiger partial charge on any atom is -0.494 e. The highest BCUT2D eigenvalue weighted by atomic mass is 32.2. The van der Waals surface area contributed by atoms with E-state index in [1.54, 1.807) is 24.4 Å². The zero-order valence-corrected chi connectivity index (χ0v) is 26.7. The Morgan fingerprint density at radius 1 is 0.867 bits per heavy atom. The Morgan fingerprint density at radius 2 is 1.56 bits per heavy atom. The van der Waals surface area contributed by atoms with Gasteiger partial charge in [0.05, 0.1) is 24.2 Å². The molecule has 0 aliphatic carbocycles. The van der Waals surface area contributed by atoms with Crippen LogP contribution in [0.1, 0.15) is 43.3 Å². The molecule has 0 saturated carbocycles. The number of amides is 2. The third kappa shape index (κ3) is 7.96. The number of nitrogens with one attached hydrogen (secondary N) is 2. The summed E-state index contributed by atoms with van der Waals surface area (Å²) < 4.78 is 36.2. The second kappa shape index (κ2) is 13.0. The van der Waals surface area contributed by atoms with E-state index in [-0.39, 0.29) is 11.2 Å². The lowest BCUT2D eigenvalue weighted by molar-refractivity contribution is 0.262. The van der Waals surface area contributed by atoms with Gasteiger partial charge in [-0.2, -0.15) is 4.98 Å². The molecule has 0 saturated heterocycles. The average Bonchev–Trinajstić information content (AvgIpc) is 2.98. The number of ether oxygens (including phenoxy) is 2. The van der Waals surface area contributed by atoms with Crippen LogP contribution in [-0.4, -0.2) is 37.8 Å². The Bertz CT molecular complexity index is 1960. The first-order valence-corrected chi connectivity index (χ1v) is 16.5. The van der Waals surface area contributed by atoms with Crippen LogP contribution in [0.15, 0.2) is 91.1 Å². The van der Waals surface area contributed by atoms with Crippen molar-refractivity contribution in [1.29, 1.82) is 0 Å². The van der Waals surface area contributed by atoms with Crippen molar-refractivity contribution in [2.45, 2.75) is 38.4 Å². The maximum Gasteiger partial charge on any atom is 0.323 e. The van der Waals surface area contributed by atoms with Gasteiger partial charge in [-0.05, 0) is 34.7 Å². The van der Waals surface area contributed by atoms with E-state index in [4.69, 9.17) is 9.47 Å². The number of methoxy groups -OCH3 is 1. The molecule has 232 valence electrons. The highest BCUT2D eigenvalue weighted by Gasteiger charge is 2.23. The zero-order valence-electron chi connectivity index (χ0n) is 25.9. The molecule has 1 heterocycles. The van der Waals surface area contributed by atoms with Crippen LogP contribution in [0.5, 0.6) is 17.4 Å². The van der Waals surface area contributed by atoms with Gasteiger partial charge in [0.15, 0.2) is 9.84 Å². The Morgan fingerprint density at radius 3 is 2.24 bits per heavy atom. The molecule has 0 unspecified atom stereocenters. The number of hydrogen-bond donors (Lipinski definition) is 2. The molecule has 0 spiro atoms. The van der Waals surface area contributed by atoms with Crippen molar-refractivity contribution < 1.29 is 22.7 Å².